The Morgan fingerprint density at radius 1 is 1.22 bits per heavy atom. The van der Waals surface area contributed by atoms with E-state index in [2.05, 4.69) is 15.6 Å². The van der Waals surface area contributed by atoms with Crippen molar-refractivity contribution in [3.8, 4) is 5.75 Å². The van der Waals surface area contributed by atoms with Crippen LogP contribution in [0.3, 0.4) is 0 Å². The molecule has 0 saturated carbocycles. The van der Waals surface area contributed by atoms with Crippen LogP contribution in [0.5, 0.6) is 5.75 Å². The van der Waals surface area contributed by atoms with Crippen molar-refractivity contribution in [1.29, 1.82) is 0 Å². The van der Waals surface area contributed by atoms with Crippen molar-refractivity contribution in [3.63, 3.8) is 0 Å². The quantitative estimate of drug-likeness (QED) is 0.365. The number of ether oxygens (including phenoxy) is 2. The molecule has 8 heteroatoms. The number of rotatable bonds is 6. The Labute approximate surface area is 178 Å². The lowest BCUT2D eigenvalue weighted by Gasteiger charge is -2.32. The van der Waals surface area contributed by atoms with E-state index < -0.39 is 0 Å². The molecule has 2 N–H and O–H groups in total. The van der Waals surface area contributed by atoms with Crippen molar-refractivity contribution in [2.45, 2.75) is 39.3 Å². The van der Waals surface area contributed by atoms with Gasteiger partial charge in [-0.1, -0.05) is 18.2 Å². The van der Waals surface area contributed by atoms with E-state index in [9.17, 15) is 4.79 Å². The summed E-state index contributed by atoms with van der Waals surface area (Å²) in [5, 5.41) is 6.78. The molecule has 152 valence electrons. The highest BCUT2D eigenvalue weighted by atomic mass is 127. The zero-order chi connectivity index (χ0) is 18.8. The third-order valence-corrected chi connectivity index (χ3v) is 4.30. The second-order valence-corrected chi connectivity index (χ2v) is 6.07. The predicted molar refractivity (Wildman–Crippen MR) is 118 cm³/mol. The minimum Gasteiger partial charge on any atom is -0.494 e. The number of likely N-dealkylation sites (tertiary alicyclic amines) is 1. The minimum absolute atomic E-state index is 0. The van der Waals surface area contributed by atoms with Gasteiger partial charge in [-0.2, -0.15) is 0 Å². The van der Waals surface area contributed by atoms with Crippen LogP contribution in [0.15, 0.2) is 29.3 Å². The van der Waals surface area contributed by atoms with Gasteiger partial charge < -0.3 is 25.0 Å². The van der Waals surface area contributed by atoms with Gasteiger partial charge in [0, 0.05) is 38.3 Å². The van der Waals surface area contributed by atoms with Gasteiger partial charge in [0.2, 0.25) is 0 Å². The molecule has 1 saturated heterocycles. The van der Waals surface area contributed by atoms with E-state index in [1.165, 1.54) is 0 Å². The molecule has 0 radical (unpaired) electrons. The zero-order valence-corrected chi connectivity index (χ0v) is 18.7. The number of piperidine rings is 1. The lowest BCUT2D eigenvalue weighted by Crippen LogP contribution is -2.49. The van der Waals surface area contributed by atoms with Gasteiger partial charge in [0.25, 0.3) is 0 Å². The molecule has 1 aliphatic heterocycles. The van der Waals surface area contributed by atoms with Gasteiger partial charge in [-0.3, -0.25) is 4.99 Å². The number of nitrogens with zero attached hydrogens (tertiary/aromatic N) is 2. The van der Waals surface area contributed by atoms with Gasteiger partial charge in [-0.25, -0.2) is 4.79 Å². The predicted octanol–water partition coefficient (Wildman–Crippen LogP) is 2.99. The van der Waals surface area contributed by atoms with Crippen molar-refractivity contribution in [2.24, 2.45) is 4.99 Å². The number of benzene rings is 1. The van der Waals surface area contributed by atoms with E-state index in [0.717, 1.165) is 30.1 Å². The fourth-order valence-corrected chi connectivity index (χ4v) is 2.93. The van der Waals surface area contributed by atoms with E-state index >= 15 is 0 Å². The maximum atomic E-state index is 11.8. The molecule has 1 amide bonds. The summed E-state index contributed by atoms with van der Waals surface area (Å²) < 4.78 is 10.7. The van der Waals surface area contributed by atoms with Crippen LogP contribution in [0.4, 0.5) is 4.79 Å². The first-order valence-electron chi connectivity index (χ1n) is 9.27. The lowest BCUT2D eigenvalue weighted by molar-refractivity contribution is 0.0963. The van der Waals surface area contributed by atoms with Crippen molar-refractivity contribution in [2.75, 3.05) is 33.4 Å². The number of hydrogen-bond acceptors (Lipinski definition) is 4. The smallest absolute Gasteiger partial charge is 0.409 e. The topological polar surface area (TPSA) is 75.2 Å². The molecule has 0 spiro atoms. The van der Waals surface area contributed by atoms with E-state index in [0.29, 0.717) is 32.8 Å². The second kappa shape index (κ2) is 12.6. The van der Waals surface area contributed by atoms with Crippen molar-refractivity contribution in [1.82, 2.24) is 15.5 Å². The van der Waals surface area contributed by atoms with Gasteiger partial charge in [0.15, 0.2) is 5.96 Å². The molecule has 0 aliphatic carbocycles. The fraction of sp³-hybridized carbons (Fsp3) is 0.579. The zero-order valence-electron chi connectivity index (χ0n) is 16.4. The van der Waals surface area contributed by atoms with Crippen molar-refractivity contribution in [3.05, 3.63) is 29.8 Å². The highest BCUT2D eigenvalue weighted by Gasteiger charge is 2.24. The number of para-hydroxylation sites is 1. The number of hydrogen-bond donors (Lipinski definition) is 2. The first kappa shape index (κ1) is 23.3. The Morgan fingerprint density at radius 3 is 2.56 bits per heavy atom. The van der Waals surface area contributed by atoms with E-state index in [1.54, 1.807) is 11.9 Å². The van der Waals surface area contributed by atoms with E-state index in [-0.39, 0.29) is 36.1 Å². The summed E-state index contributed by atoms with van der Waals surface area (Å²) in [5.41, 5.74) is 1.09. The summed E-state index contributed by atoms with van der Waals surface area (Å²) in [5.74, 6) is 1.64. The normalized spacial score (nSPS) is 14.9. The molecular weight excluding hydrogens is 459 g/mol. The molecule has 0 aromatic heterocycles. The Balaban J connectivity index is 0.00000364. The molecule has 0 bridgehead atoms. The van der Waals surface area contributed by atoms with Crippen LogP contribution in [-0.4, -0.2) is 56.3 Å². The van der Waals surface area contributed by atoms with Gasteiger partial charge in [0.1, 0.15) is 5.75 Å². The monoisotopic (exact) mass is 490 g/mol. The third kappa shape index (κ3) is 7.43. The molecule has 1 aliphatic rings. The van der Waals surface area contributed by atoms with Crippen LogP contribution in [0.25, 0.3) is 0 Å². The number of halogens is 1. The standard InChI is InChI=1S/C19H30N4O3.HI/c1-4-25-17-9-7-6-8-15(17)14-21-18(20-3)22-16-10-12-23(13-11-16)19(24)26-5-2;/h6-9,16H,4-5,10-14H2,1-3H3,(H2,20,21,22);1H. The number of aliphatic imine (C=N–C) groups is 1. The summed E-state index contributed by atoms with van der Waals surface area (Å²) in [6.45, 7) is 6.89. The molecule has 1 aromatic carbocycles. The first-order valence-corrected chi connectivity index (χ1v) is 9.27. The van der Waals surface area contributed by atoms with Gasteiger partial charge in [-0.05, 0) is 32.8 Å². The van der Waals surface area contributed by atoms with Gasteiger partial charge >= 0.3 is 6.09 Å². The Morgan fingerprint density at radius 2 is 1.93 bits per heavy atom. The first-order chi connectivity index (χ1) is 12.7. The SMILES string of the molecule is CCOC(=O)N1CCC(NC(=NC)NCc2ccccc2OCC)CC1.I. The molecule has 2 rings (SSSR count). The average molecular weight is 490 g/mol. The molecular formula is C19H31IN4O3. The Bertz CT molecular complexity index is 604. The number of nitrogens with one attached hydrogen (secondary N) is 2. The largest absolute Gasteiger partial charge is 0.494 e. The number of carbonyl (C=O) groups is 1. The molecule has 1 fully saturated rings. The van der Waals surface area contributed by atoms with Crippen LogP contribution in [0.2, 0.25) is 0 Å². The highest BCUT2D eigenvalue weighted by Crippen LogP contribution is 2.17. The Hall–Kier alpha value is -1.71. The van der Waals surface area contributed by atoms with Crippen LogP contribution in [-0.2, 0) is 11.3 Å². The van der Waals surface area contributed by atoms with E-state index in [4.69, 9.17) is 9.47 Å². The highest BCUT2D eigenvalue weighted by molar-refractivity contribution is 14.0. The van der Waals surface area contributed by atoms with E-state index in [1.807, 2.05) is 38.1 Å². The van der Waals surface area contributed by atoms with Gasteiger partial charge in [-0.15, -0.1) is 24.0 Å². The second-order valence-electron chi connectivity index (χ2n) is 6.07. The molecule has 27 heavy (non-hydrogen) atoms. The van der Waals surface area contributed by atoms with Crippen LogP contribution >= 0.6 is 24.0 Å². The fourth-order valence-electron chi connectivity index (χ4n) is 2.93. The molecule has 7 nitrogen and oxygen atoms in total. The number of guanidine groups is 1. The minimum atomic E-state index is -0.221. The van der Waals surface area contributed by atoms with Crippen LogP contribution < -0.4 is 15.4 Å². The number of carbonyl (C=O) groups excluding carboxylic acids is 1. The summed E-state index contributed by atoms with van der Waals surface area (Å²) in [4.78, 5) is 17.8. The molecule has 1 aromatic rings. The summed E-state index contributed by atoms with van der Waals surface area (Å²) in [7, 11) is 1.76. The van der Waals surface area contributed by atoms with Crippen molar-refractivity contribution < 1.29 is 14.3 Å². The lowest BCUT2D eigenvalue weighted by atomic mass is 10.1. The van der Waals surface area contributed by atoms with Crippen molar-refractivity contribution >= 4 is 36.0 Å². The van der Waals surface area contributed by atoms with Crippen LogP contribution in [0, 0.1) is 0 Å². The molecule has 0 atom stereocenters. The third-order valence-electron chi connectivity index (χ3n) is 4.30. The number of amides is 1. The Kier molecular flexibility index (Phi) is 10.9. The molecule has 0 unspecified atom stereocenters. The average Bonchev–Trinajstić information content (AvgIpc) is 2.67. The summed E-state index contributed by atoms with van der Waals surface area (Å²) in [6, 6.07) is 8.28. The van der Waals surface area contributed by atoms with Gasteiger partial charge in [0.05, 0.1) is 13.2 Å². The molecule has 1 heterocycles. The maximum absolute atomic E-state index is 11.8. The summed E-state index contributed by atoms with van der Waals surface area (Å²) >= 11 is 0. The summed E-state index contributed by atoms with van der Waals surface area (Å²) in [6.07, 6.45) is 1.52. The maximum Gasteiger partial charge on any atom is 0.409 e. The van der Waals surface area contributed by atoms with Crippen LogP contribution in [0.1, 0.15) is 32.3 Å².